The van der Waals surface area contributed by atoms with Crippen LogP contribution < -0.4 is 0 Å². The highest BCUT2D eigenvalue weighted by molar-refractivity contribution is 6.15. The minimum absolute atomic E-state index is 0.283. The first-order chi connectivity index (χ1) is 6.20. The Hall–Kier alpha value is -0.770. The van der Waals surface area contributed by atoms with Gasteiger partial charge in [-0.3, -0.25) is 0 Å². The van der Waals surface area contributed by atoms with Crippen molar-refractivity contribution < 1.29 is 8.78 Å². The molecule has 0 aliphatic rings. The lowest BCUT2D eigenvalue weighted by atomic mass is 10.2. The predicted molar refractivity (Wildman–Crippen MR) is 48.3 cm³/mol. The highest BCUT2D eigenvalue weighted by Gasteiger charge is 2.07. The smallest absolute Gasteiger partial charge is 0.244 e. The van der Waals surface area contributed by atoms with Crippen molar-refractivity contribution in [3.05, 3.63) is 23.8 Å². The zero-order chi connectivity index (χ0) is 10.3. The fraction of sp³-hybridized carbons (Fsp3) is 0.500. The van der Waals surface area contributed by atoms with E-state index in [0.29, 0.717) is 11.3 Å². The van der Waals surface area contributed by atoms with Gasteiger partial charge in [0.2, 0.25) is 6.43 Å². The second kappa shape index (κ2) is 6.71. The molecule has 0 fully saturated rings. The molecule has 0 amide bonds. The Morgan fingerprint density at radius 2 is 2.08 bits per heavy atom. The van der Waals surface area contributed by atoms with Crippen LogP contribution in [-0.4, -0.2) is 22.8 Å². The van der Waals surface area contributed by atoms with Gasteiger partial charge in [0.1, 0.15) is 6.33 Å². The van der Waals surface area contributed by atoms with E-state index in [1.54, 1.807) is 6.92 Å². The number of alkyl halides is 3. The highest BCUT2D eigenvalue weighted by Crippen LogP contribution is 2.07. The summed E-state index contributed by atoms with van der Waals surface area (Å²) in [5, 5.41) is 0. The Morgan fingerprint density at radius 3 is 2.54 bits per heavy atom. The molecule has 0 aliphatic heterocycles. The van der Waals surface area contributed by atoms with E-state index in [2.05, 4.69) is 21.6 Å². The molecule has 13 heavy (non-hydrogen) atoms. The van der Waals surface area contributed by atoms with E-state index in [1.165, 1.54) is 18.9 Å². The third-order valence-corrected chi connectivity index (χ3v) is 1.35. The molecule has 0 radical (unpaired) electrons. The standard InChI is InChI=1S/C7H8F2N2.CH3Cl/c1-5-3-10-4-11-6(5)2-7(8)9;1-2/h3-4,7H,2H2,1H3;1H3. The predicted octanol–water partition coefficient (Wildman–Crippen LogP) is 2.45. The summed E-state index contributed by atoms with van der Waals surface area (Å²) in [6, 6.07) is 0. The summed E-state index contributed by atoms with van der Waals surface area (Å²) in [5.74, 6) is 0. The maximum absolute atomic E-state index is 11.8. The zero-order valence-electron chi connectivity index (χ0n) is 7.47. The second-order valence-corrected chi connectivity index (χ2v) is 2.25. The zero-order valence-corrected chi connectivity index (χ0v) is 8.22. The van der Waals surface area contributed by atoms with E-state index in [0.717, 1.165) is 0 Å². The number of aryl methyl sites for hydroxylation is 1. The summed E-state index contributed by atoms with van der Waals surface area (Å²) in [5.41, 5.74) is 1.14. The molecule has 74 valence electrons. The Morgan fingerprint density at radius 1 is 1.46 bits per heavy atom. The van der Waals surface area contributed by atoms with Crippen molar-refractivity contribution in [2.45, 2.75) is 19.8 Å². The first-order valence-electron chi connectivity index (χ1n) is 3.61. The van der Waals surface area contributed by atoms with Crippen LogP contribution in [0.4, 0.5) is 8.78 Å². The van der Waals surface area contributed by atoms with E-state index in [9.17, 15) is 8.78 Å². The summed E-state index contributed by atoms with van der Waals surface area (Å²) < 4.78 is 23.7. The van der Waals surface area contributed by atoms with Crippen LogP contribution in [0.15, 0.2) is 12.5 Å². The average molecular weight is 209 g/mol. The molecule has 0 aromatic carbocycles. The van der Waals surface area contributed by atoms with Crippen molar-refractivity contribution in [2.24, 2.45) is 0 Å². The third-order valence-electron chi connectivity index (χ3n) is 1.35. The Bertz CT molecular complexity index is 243. The molecule has 0 N–H and O–H groups in total. The molecule has 0 saturated carbocycles. The average Bonchev–Trinajstić information content (AvgIpc) is 2.12. The van der Waals surface area contributed by atoms with Gasteiger partial charge < -0.3 is 0 Å². The van der Waals surface area contributed by atoms with Gasteiger partial charge in [-0.15, -0.1) is 11.6 Å². The van der Waals surface area contributed by atoms with Crippen LogP contribution in [0, 0.1) is 6.92 Å². The molecule has 0 atom stereocenters. The molecule has 1 rings (SSSR count). The number of halogens is 3. The minimum atomic E-state index is -2.33. The Balaban J connectivity index is 0.000000671. The monoisotopic (exact) mass is 208 g/mol. The van der Waals surface area contributed by atoms with Crippen LogP contribution in [-0.2, 0) is 6.42 Å². The van der Waals surface area contributed by atoms with Gasteiger partial charge >= 0.3 is 0 Å². The van der Waals surface area contributed by atoms with Gasteiger partial charge in [-0.25, -0.2) is 18.7 Å². The third kappa shape index (κ3) is 4.72. The van der Waals surface area contributed by atoms with Gasteiger partial charge in [0, 0.05) is 12.6 Å². The van der Waals surface area contributed by atoms with E-state index in [4.69, 9.17) is 0 Å². The number of nitrogens with zero attached hydrogens (tertiary/aromatic N) is 2. The summed E-state index contributed by atoms with van der Waals surface area (Å²) >= 11 is 4.64. The first-order valence-corrected chi connectivity index (χ1v) is 4.37. The van der Waals surface area contributed by atoms with Crippen molar-refractivity contribution >= 4 is 11.6 Å². The Labute approximate surface area is 81.0 Å². The summed E-state index contributed by atoms with van der Waals surface area (Å²) in [6.07, 6.45) is 1.67. The molecule has 1 heterocycles. The summed E-state index contributed by atoms with van der Waals surface area (Å²) in [6.45, 7) is 1.72. The number of hydrogen-bond acceptors (Lipinski definition) is 2. The number of aromatic nitrogens is 2. The molecule has 5 heteroatoms. The molecule has 2 nitrogen and oxygen atoms in total. The SMILES string of the molecule is CCl.Cc1cncnc1CC(F)F. The van der Waals surface area contributed by atoms with Crippen LogP contribution in [0.3, 0.4) is 0 Å². The topological polar surface area (TPSA) is 25.8 Å². The minimum Gasteiger partial charge on any atom is -0.245 e. The fourth-order valence-electron chi connectivity index (χ4n) is 0.784. The quantitative estimate of drug-likeness (QED) is 0.698. The molecule has 1 aromatic heterocycles. The second-order valence-electron chi connectivity index (χ2n) is 2.25. The van der Waals surface area contributed by atoms with Crippen molar-refractivity contribution in [1.82, 2.24) is 9.97 Å². The van der Waals surface area contributed by atoms with Crippen molar-refractivity contribution in [2.75, 3.05) is 6.38 Å². The normalized spacial score (nSPS) is 9.38. The maximum Gasteiger partial charge on any atom is 0.244 e. The fourth-order valence-corrected chi connectivity index (χ4v) is 0.784. The molecule has 0 bridgehead atoms. The van der Waals surface area contributed by atoms with Gasteiger partial charge in [0.15, 0.2) is 0 Å². The van der Waals surface area contributed by atoms with Crippen molar-refractivity contribution in [3.8, 4) is 0 Å². The van der Waals surface area contributed by atoms with E-state index in [-0.39, 0.29) is 6.42 Å². The molecule has 0 unspecified atom stereocenters. The largest absolute Gasteiger partial charge is 0.245 e. The molecule has 0 saturated heterocycles. The maximum atomic E-state index is 11.8. The summed E-state index contributed by atoms with van der Waals surface area (Å²) in [4.78, 5) is 7.42. The van der Waals surface area contributed by atoms with E-state index in [1.807, 2.05) is 0 Å². The van der Waals surface area contributed by atoms with Crippen molar-refractivity contribution in [1.29, 1.82) is 0 Å². The molecular formula is C8H11ClF2N2. The van der Waals surface area contributed by atoms with Gasteiger partial charge in [0.25, 0.3) is 0 Å². The lowest BCUT2D eigenvalue weighted by Crippen LogP contribution is -2.02. The lowest BCUT2D eigenvalue weighted by molar-refractivity contribution is 0.147. The molecular weight excluding hydrogens is 198 g/mol. The van der Waals surface area contributed by atoms with Crippen LogP contribution in [0.5, 0.6) is 0 Å². The molecule has 1 aromatic rings. The molecule has 0 aliphatic carbocycles. The number of rotatable bonds is 2. The highest BCUT2D eigenvalue weighted by atomic mass is 35.5. The van der Waals surface area contributed by atoms with Crippen molar-refractivity contribution in [3.63, 3.8) is 0 Å². The van der Waals surface area contributed by atoms with Gasteiger partial charge in [-0.05, 0) is 12.5 Å². The van der Waals surface area contributed by atoms with Gasteiger partial charge in [-0.1, -0.05) is 0 Å². The van der Waals surface area contributed by atoms with Gasteiger partial charge in [0.05, 0.1) is 12.1 Å². The summed E-state index contributed by atoms with van der Waals surface area (Å²) in [7, 11) is 0. The van der Waals surface area contributed by atoms with Gasteiger partial charge in [-0.2, -0.15) is 0 Å². The van der Waals surface area contributed by atoms with E-state index < -0.39 is 6.43 Å². The Kier molecular flexibility index (Phi) is 6.32. The van der Waals surface area contributed by atoms with Crippen LogP contribution in [0.2, 0.25) is 0 Å². The van der Waals surface area contributed by atoms with Crippen LogP contribution in [0.25, 0.3) is 0 Å². The van der Waals surface area contributed by atoms with Crippen LogP contribution in [0.1, 0.15) is 11.3 Å². The lowest BCUT2D eigenvalue weighted by Gasteiger charge is -2.00. The van der Waals surface area contributed by atoms with Crippen LogP contribution >= 0.6 is 11.6 Å². The first kappa shape index (κ1) is 12.2. The number of hydrogen-bond donors (Lipinski definition) is 0. The van der Waals surface area contributed by atoms with E-state index >= 15 is 0 Å². The molecule has 0 spiro atoms.